The number of piperidine rings is 1. The normalized spacial score (nSPS) is 25.3. The van der Waals surface area contributed by atoms with E-state index in [1.54, 1.807) is 11.0 Å². The molecule has 0 radical (unpaired) electrons. The predicted octanol–water partition coefficient (Wildman–Crippen LogP) is 2.28. The molecule has 2 fully saturated rings. The average Bonchev–Trinajstić information content (AvgIpc) is 2.81. The maximum atomic E-state index is 11.7. The average molecular weight is 267 g/mol. The lowest BCUT2D eigenvalue weighted by Crippen LogP contribution is -2.42. The number of likely N-dealkylation sites (tertiary alicyclic amines) is 1. The zero-order chi connectivity index (χ0) is 13.9. The van der Waals surface area contributed by atoms with Gasteiger partial charge in [0, 0.05) is 13.1 Å². The number of carboxylic acid groups (broad SMARTS) is 1. The second-order valence-corrected chi connectivity index (χ2v) is 5.63. The third-order valence-electron chi connectivity index (χ3n) is 4.46. The maximum absolute atomic E-state index is 11.7. The van der Waals surface area contributed by atoms with Crippen molar-refractivity contribution in [3.8, 4) is 0 Å². The molecule has 2 aliphatic rings. The van der Waals surface area contributed by atoms with Crippen molar-refractivity contribution in [2.45, 2.75) is 32.1 Å². The zero-order valence-corrected chi connectivity index (χ0v) is 11.1. The van der Waals surface area contributed by atoms with Crippen molar-refractivity contribution in [1.82, 2.24) is 4.90 Å². The van der Waals surface area contributed by atoms with Gasteiger partial charge >= 0.3 is 12.1 Å². The van der Waals surface area contributed by atoms with Gasteiger partial charge in [0.1, 0.15) is 6.61 Å². The number of hydrogen-bond acceptors (Lipinski definition) is 3. The Morgan fingerprint density at radius 3 is 2.58 bits per heavy atom. The van der Waals surface area contributed by atoms with Crippen LogP contribution in [0.25, 0.3) is 0 Å². The fraction of sp³-hybridized carbons (Fsp3) is 0.714. The van der Waals surface area contributed by atoms with E-state index < -0.39 is 5.97 Å². The highest BCUT2D eigenvalue weighted by Gasteiger charge is 2.44. The number of carboxylic acids is 1. The summed E-state index contributed by atoms with van der Waals surface area (Å²) >= 11 is 0. The molecule has 0 bridgehead atoms. The SMILES string of the molecule is C=CCOC(=O)N1CCC2(CCC(C(=O)O)C2)CC1. The number of amides is 1. The van der Waals surface area contributed by atoms with Crippen LogP contribution >= 0.6 is 0 Å². The van der Waals surface area contributed by atoms with E-state index in [0.29, 0.717) is 13.1 Å². The molecule has 1 spiro atoms. The first kappa shape index (κ1) is 13.9. The second-order valence-electron chi connectivity index (χ2n) is 5.63. The lowest BCUT2D eigenvalue weighted by molar-refractivity contribution is -0.141. The minimum atomic E-state index is -0.676. The van der Waals surface area contributed by atoms with Gasteiger partial charge in [-0.1, -0.05) is 12.7 Å². The van der Waals surface area contributed by atoms with Crippen LogP contribution in [0.5, 0.6) is 0 Å². The van der Waals surface area contributed by atoms with Crippen molar-refractivity contribution >= 4 is 12.1 Å². The van der Waals surface area contributed by atoms with Crippen LogP contribution in [-0.4, -0.2) is 41.8 Å². The van der Waals surface area contributed by atoms with Crippen molar-refractivity contribution in [1.29, 1.82) is 0 Å². The number of hydrogen-bond donors (Lipinski definition) is 1. The molecule has 1 heterocycles. The second kappa shape index (κ2) is 5.63. The van der Waals surface area contributed by atoms with Gasteiger partial charge in [-0.2, -0.15) is 0 Å². The van der Waals surface area contributed by atoms with Gasteiger partial charge in [-0.05, 0) is 37.5 Å². The van der Waals surface area contributed by atoms with Crippen LogP contribution in [0.4, 0.5) is 4.79 Å². The van der Waals surface area contributed by atoms with E-state index in [0.717, 1.165) is 32.1 Å². The third-order valence-corrected chi connectivity index (χ3v) is 4.46. The van der Waals surface area contributed by atoms with Gasteiger partial charge in [-0.25, -0.2) is 4.79 Å². The first-order valence-electron chi connectivity index (χ1n) is 6.82. The van der Waals surface area contributed by atoms with E-state index in [2.05, 4.69) is 6.58 Å². The van der Waals surface area contributed by atoms with Crippen molar-refractivity contribution in [2.75, 3.05) is 19.7 Å². The number of carbonyl (C=O) groups is 2. The van der Waals surface area contributed by atoms with Gasteiger partial charge in [-0.3, -0.25) is 4.79 Å². The van der Waals surface area contributed by atoms with Crippen molar-refractivity contribution < 1.29 is 19.4 Å². The third kappa shape index (κ3) is 3.08. The summed E-state index contributed by atoms with van der Waals surface area (Å²) in [7, 11) is 0. The minimum Gasteiger partial charge on any atom is -0.481 e. The van der Waals surface area contributed by atoms with E-state index in [1.165, 1.54) is 0 Å². The smallest absolute Gasteiger partial charge is 0.410 e. The summed E-state index contributed by atoms with van der Waals surface area (Å²) < 4.78 is 5.02. The van der Waals surface area contributed by atoms with Crippen molar-refractivity contribution in [2.24, 2.45) is 11.3 Å². The van der Waals surface area contributed by atoms with Gasteiger partial charge < -0.3 is 14.7 Å². The van der Waals surface area contributed by atoms with Gasteiger partial charge in [0.05, 0.1) is 5.92 Å². The molecular formula is C14H21NO4. The Balaban J connectivity index is 1.84. The summed E-state index contributed by atoms with van der Waals surface area (Å²) in [6.45, 7) is 5.08. The van der Waals surface area contributed by atoms with E-state index in [9.17, 15) is 9.59 Å². The largest absolute Gasteiger partial charge is 0.481 e. The summed E-state index contributed by atoms with van der Waals surface area (Å²) in [5.74, 6) is -0.871. The summed E-state index contributed by atoms with van der Waals surface area (Å²) in [5, 5.41) is 9.07. The van der Waals surface area contributed by atoms with E-state index in [4.69, 9.17) is 9.84 Å². The van der Waals surface area contributed by atoms with Gasteiger partial charge in [0.15, 0.2) is 0 Å². The standard InChI is InChI=1S/C14H21NO4/c1-2-9-19-13(18)15-7-5-14(6-8-15)4-3-11(10-14)12(16)17/h2,11H,1,3-10H2,(H,16,17). The molecule has 1 N–H and O–H groups in total. The first-order valence-corrected chi connectivity index (χ1v) is 6.82. The minimum absolute atomic E-state index is 0.137. The molecule has 1 aliphatic heterocycles. The molecule has 1 saturated heterocycles. The van der Waals surface area contributed by atoms with Crippen LogP contribution in [0.2, 0.25) is 0 Å². The fourth-order valence-electron chi connectivity index (χ4n) is 3.26. The van der Waals surface area contributed by atoms with Crippen LogP contribution in [0, 0.1) is 11.3 Å². The zero-order valence-electron chi connectivity index (χ0n) is 11.1. The Morgan fingerprint density at radius 1 is 1.37 bits per heavy atom. The number of carbonyl (C=O) groups excluding carboxylic acids is 1. The molecule has 0 aromatic heterocycles. The highest BCUT2D eigenvalue weighted by Crippen LogP contribution is 2.48. The molecule has 106 valence electrons. The summed E-state index contributed by atoms with van der Waals surface area (Å²) in [6.07, 6.45) is 5.55. The Morgan fingerprint density at radius 2 is 2.05 bits per heavy atom. The number of aliphatic carboxylic acids is 1. The molecule has 0 aromatic carbocycles. The molecule has 5 heteroatoms. The van der Waals surface area contributed by atoms with E-state index in [1.807, 2.05) is 0 Å². The Kier molecular flexibility index (Phi) is 4.12. The predicted molar refractivity (Wildman–Crippen MR) is 69.8 cm³/mol. The highest BCUT2D eigenvalue weighted by molar-refractivity contribution is 5.70. The molecule has 1 amide bonds. The quantitative estimate of drug-likeness (QED) is 0.797. The molecule has 5 nitrogen and oxygen atoms in total. The Hall–Kier alpha value is -1.52. The number of nitrogens with zero attached hydrogens (tertiary/aromatic N) is 1. The lowest BCUT2D eigenvalue weighted by atomic mass is 9.76. The monoisotopic (exact) mass is 267 g/mol. The molecule has 1 atom stereocenters. The number of rotatable bonds is 3. The lowest BCUT2D eigenvalue weighted by Gasteiger charge is -2.38. The molecular weight excluding hydrogens is 246 g/mol. The molecule has 0 aromatic rings. The summed E-state index contributed by atoms with van der Waals surface area (Å²) in [5.41, 5.74) is 0.137. The molecule has 1 aliphatic carbocycles. The number of ether oxygens (including phenoxy) is 1. The Labute approximate surface area is 113 Å². The summed E-state index contributed by atoms with van der Waals surface area (Å²) in [6, 6.07) is 0. The van der Waals surface area contributed by atoms with Gasteiger partial charge in [0.2, 0.25) is 0 Å². The van der Waals surface area contributed by atoms with Crippen LogP contribution in [0.3, 0.4) is 0 Å². The first-order chi connectivity index (χ1) is 9.06. The van der Waals surface area contributed by atoms with Crippen molar-refractivity contribution in [3.05, 3.63) is 12.7 Å². The van der Waals surface area contributed by atoms with E-state index in [-0.39, 0.29) is 24.0 Å². The summed E-state index contributed by atoms with van der Waals surface area (Å²) in [4.78, 5) is 24.4. The molecule has 2 rings (SSSR count). The fourth-order valence-corrected chi connectivity index (χ4v) is 3.26. The van der Waals surface area contributed by atoms with Crippen molar-refractivity contribution in [3.63, 3.8) is 0 Å². The molecule has 1 unspecified atom stereocenters. The van der Waals surface area contributed by atoms with Crippen LogP contribution in [0.1, 0.15) is 32.1 Å². The van der Waals surface area contributed by atoms with E-state index >= 15 is 0 Å². The van der Waals surface area contributed by atoms with Gasteiger partial charge in [0.25, 0.3) is 0 Å². The van der Waals surface area contributed by atoms with Crippen LogP contribution in [0.15, 0.2) is 12.7 Å². The van der Waals surface area contributed by atoms with Crippen LogP contribution in [-0.2, 0) is 9.53 Å². The van der Waals surface area contributed by atoms with Crippen LogP contribution < -0.4 is 0 Å². The molecule has 19 heavy (non-hydrogen) atoms. The van der Waals surface area contributed by atoms with Gasteiger partial charge in [-0.15, -0.1) is 0 Å². The maximum Gasteiger partial charge on any atom is 0.410 e. The Bertz CT molecular complexity index is 372. The highest BCUT2D eigenvalue weighted by atomic mass is 16.6. The molecule has 1 saturated carbocycles. The topological polar surface area (TPSA) is 66.8 Å².